The Kier molecular flexibility index (Phi) is 6.83. The zero-order chi connectivity index (χ0) is 24.5. The van der Waals surface area contributed by atoms with Gasteiger partial charge in [0.2, 0.25) is 0 Å². The molecule has 2 aromatic carbocycles. The number of nitrogens with zero attached hydrogens (tertiary/aromatic N) is 3. The van der Waals surface area contributed by atoms with Crippen LogP contribution in [0, 0.1) is 5.82 Å². The normalized spacial score (nSPS) is 23.5. The second kappa shape index (κ2) is 10.0. The lowest BCUT2D eigenvalue weighted by molar-refractivity contribution is -0.0138. The van der Waals surface area contributed by atoms with Crippen molar-refractivity contribution in [3.05, 3.63) is 42.5 Å². The maximum atomic E-state index is 14.2. The highest BCUT2D eigenvalue weighted by Crippen LogP contribution is 2.38. The fourth-order valence-electron chi connectivity index (χ4n) is 4.38. The third-order valence-electron chi connectivity index (χ3n) is 5.93. The summed E-state index contributed by atoms with van der Waals surface area (Å²) in [6.07, 6.45) is 4.47. The largest absolute Gasteiger partial charge is 0.496 e. The van der Waals surface area contributed by atoms with Gasteiger partial charge in [0.25, 0.3) is 0 Å². The minimum atomic E-state index is -0.422. The van der Waals surface area contributed by atoms with Crippen molar-refractivity contribution < 1.29 is 28.1 Å². The molecule has 3 heterocycles. The van der Waals surface area contributed by atoms with Crippen LogP contribution in [0.5, 0.6) is 11.5 Å². The van der Waals surface area contributed by atoms with Crippen molar-refractivity contribution in [1.82, 2.24) is 9.97 Å². The summed E-state index contributed by atoms with van der Waals surface area (Å²) in [7, 11) is 3.08. The molecule has 0 radical (unpaired) electrons. The van der Waals surface area contributed by atoms with Crippen LogP contribution in [0.15, 0.2) is 41.0 Å². The van der Waals surface area contributed by atoms with E-state index in [-0.39, 0.29) is 29.0 Å². The smallest absolute Gasteiger partial charge is 0.151 e. The minimum absolute atomic E-state index is 0.140. The highest BCUT2D eigenvalue weighted by Gasteiger charge is 2.49. The van der Waals surface area contributed by atoms with Crippen LogP contribution in [0.3, 0.4) is 0 Å². The molecule has 2 aliphatic heterocycles. The van der Waals surface area contributed by atoms with Gasteiger partial charge in [-0.1, -0.05) is 0 Å². The average molecular weight is 503 g/mol. The number of rotatable bonds is 7. The van der Waals surface area contributed by atoms with E-state index in [0.717, 1.165) is 5.69 Å². The van der Waals surface area contributed by atoms with Gasteiger partial charge in [0.05, 0.1) is 42.6 Å². The van der Waals surface area contributed by atoms with Crippen molar-refractivity contribution >= 4 is 38.8 Å². The summed E-state index contributed by atoms with van der Waals surface area (Å²) in [5.74, 6) is 0.978. The van der Waals surface area contributed by atoms with Gasteiger partial charge in [-0.15, -0.1) is 10.7 Å². The molecule has 2 unspecified atom stereocenters. The molecule has 0 amide bonds. The van der Waals surface area contributed by atoms with Gasteiger partial charge in [0, 0.05) is 19.2 Å². The van der Waals surface area contributed by atoms with Crippen LogP contribution in [0.4, 0.5) is 21.6 Å². The molecule has 2 fully saturated rings. The lowest BCUT2D eigenvalue weighted by Crippen LogP contribution is -2.35. The van der Waals surface area contributed by atoms with Gasteiger partial charge < -0.3 is 29.0 Å². The Morgan fingerprint density at radius 2 is 1.80 bits per heavy atom. The highest BCUT2D eigenvalue weighted by molar-refractivity contribution is 7.85. The van der Waals surface area contributed by atoms with Crippen molar-refractivity contribution in [1.29, 1.82) is 0 Å². The van der Waals surface area contributed by atoms with Crippen LogP contribution in [-0.2, 0) is 24.9 Å². The first-order valence-electron chi connectivity index (χ1n) is 11.1. The Morgan fingerprint density at radius 1 is 1.03 bits per heavy atom. The molecule has 1 N–H and O–H groups in total. The molecule has 3 aromatic rings. The summed E-state index contributed by atoms with van der Waals surface area (Å²) in [4.78, 5) is 8.83. The number of halogens is 1. The number of aromatic nitrogens is 2. The van der Waals surface area contributed by atoms with Gasteiger partial charge in [-0.05, 0) is 30.7 Å². The van der Waals surface area contributed by atoms with Gasteiger partial charge in [0.1, 0.15) is 47.8 Å². The lowest BCUT2D eigenvalue weighted by Gasteiger charge is -2.21. The molecule has 0 aliphatic carbocycles. The quantitative estimate of drug-likeness (QED) is 0.522. The molecule has 2 saturated heterocycles. The zero-order valence-corrected chi connectivity index (χ0v) is 20.7. The fourth-order valence-corrected chi connectivity index (χ4v) is 4.91. The number of anilines is 2. The number of hydrogen-bond acceptors (Lipinski definition) is 9. The molecule has 186 valence electrons. The molecule has 2 aliphatic rings. The fraction of sp³-hybridized carbons (Fsp3) is 0.417. The molecular formula is C24H27FN4O5S. The Hall–Kier alpha value is -2.86. The van der Waals surface area contributed by atoms with Crippen molar-refractivity contribution in [2.75, 3.05) is 45.3 Å². The van der Waals surface area contributed by atoms with Gasteiger partial charge in [-0.3, -0.25) is 0 Å². The van der Waals surface area contributed by atoms with Crippen LogP contribution in [-0.4, -0.2) is 74.3 Å². The lowest BCUT2D eigenvalue weighted by atomic mass is 10.1. The van der Waals surface area contributed by atoms with Gasteiger partial charge in [0.15, 0.2) is 6.10 Å². The van der Waals surface area contributed by atoms with Gasteiger partial charge >= 0.3 is 0 Å². The number of methoxy groups -OCH3 is 2. The SMILES string of the molecule is COc1cc(N=S(C)C)cc2ncnc(Nc3ccc(F)cc3O[C@@H]3CO[C@@H]4C(OC)COC43)c12. The van der Waals surface area contributed by atoms with Crippen LogP contribution in [0.25, 0.3) is 10.9 Å². The third kappa shape index (κ3) is 4.81. The average Bonchev–Trinajstić information content (AvgIpc) is 3.42. The Labute approximate surface area is 205 Å². The van der Waals surface area contributed by atoms with Crippen LogP contribution >= 0.6 is 0 Å². The zero-order valence-electron chi connectivity index (χ0n) is 19.9. The van der Waals surface area contributed by atoms with E-state index in [1.54, 1.807) is 20.3 Å². The van der Waals surface area contributed by atoms with E-state index in [0.29, 0.717) is 47.1 Å². The summed E-state index contributed by atoms with van der Waals surface area (Å²) in [6.45, 7) is 0.746. The topological polar surface area (TPSA) is 96.3 Å². The number of nitrogens with one attached hydrogen (secondary N) is 1. The minimum Gasteiger partial charge on any atom is -0.496 e. The van der Waals surface area contributed by atoms with Crippen LogP contribution < -0.4 is 14.8 Å². The molecule has 0 spiro atoms. The molecule has 1 aromatic heterocycles. The number of hydrogen-bond donors (Lipinski definition) is 1. The van der Waals surface area contributed by atoms with Gasteiger partial charge in [-0.2, -0.15) is 0 Å². The first kappa shape index (κ1) is 23.9. The third-order valence-corrected chi connectivity index (χ3v) is 6.51. The summed E-state index contributed by atoms with van der Waals surface area (Å²) in [5, 5.41) is 3.96. The first-order valence-corrected chi connectivity index (χ1v) is 13.1. The standard InChI is InChI=1S/C24H27FN4O5S/c1-30-18-9-14(29-35(3)4)8-16-21(18)24(27-12-26-16)28-15-6-5-13(25)7-17(15)34-20-11-33-22-19(31-2)10-32-23(20)22/h5-9,12,19-20,22-23H,10-11H2,1-4H3,(H,26,27,28)/t19?,20-,22-,23?/m1/s1. The Bertz CT molecular complexity index is 1270. The number of benzene rings is 2. The summed E-state index contributed by atoms with van der Waals surface area (Å²) in [6, 6.07) is 8.04. The monoisotopic (exact) mass is 502 g/mol. The molecule has 5 rings (SSSR count). The van der Waals surface area contributed by atoms with Crippen molar-refractivity contribution in [3.8, 4) is 11.5 Å². The van der Waals surface area contributed by atoms with Crippen molar-refractivity contribution in [2.45, 2.75) is 24.4 Å². The first-order chi connectivity index (χ1) is 17.0. The van der Waals surface area contributed by atoms with E-state index in [9.17, 15) is 4.39 Å². The molecule has 0 saturated carbocycles. The molecule has 9 nitrogen and oxygen atoms in total. The number of ether oxygens (including phenoxy) is 5. The maximum absolute atomic E-state index is 14.2. The van der Waals surface area contributed by atoms with E-state index in [2.05, 4.69) is 19.6 Å². The molecule has 4 atom stereocenters. The maximum Gasteiger partial charge on any atom is 0.151 e. The second-order valence-corrected chi connectivity index (χ2v) is 10.2. The van der Waals surface area contributed by atoms with E-state index >= 15 is 0 Å². The highest BCUT2D eigenvalue weighted by atomic mass is 32.2. The predicted octanol–water partition coefficient (Wildman–Crippen LogP) is 3.77. The molecule has 0 bridgehead atoms. The van der Waals surface area contributed by atoms with Crippen LogP contribution in [0.1, 0.15) is 0 Å². The molecule has 11 heteroatoms. The summed E-state index contributed by atoms with van der Waals surface area (Å²) >= 11 is 0. The Morgan fingerprint density at radius 3 is 2.54 bits per heavy atom. The predicted molar refractivity (Wildman–Crippen MR) is 132 cm³/mol. The van der Waals surface area contributed by atoms with Crippen molar-refractivity contribution in [2.24, 2.45) is 4.36 Å². The van der Waals surface area contributed by atoms with E-state index in [1.165, 1.54) is 18.5 Å². The van der Waals surface area contributed by atoms with Gasteiger partial charge in [-0.25, -0.2) is 18.7 Å². The van der Waals surface area contributed by atoms with Crippen molar-refractivity contribution in [3.63, 3.8) is 0 Å². The van der Waals surface area contributed by atoms with E-state index in [4.69, 9.17) is 23.7 Å². The molecular weight excluding hydrogens is 475 g/mol. The molecule has 35 heavy (non-hydrogen) atoms. The Balaban J connectivity index is 1.47. The summed E-state index contributed by atoms with van der Waals surface area (Å²) in [5.41, 5.74) is 1.99. The summed E-state index contributed by atoms with van der Waals surface area (Å²) < 4.78 is 47.8. The second-order valence-electron chi connectivity index (χ2n) is 8.42. The van der Waals surface area contributed by atoms with E-state index in [1.807, 2.05) is 24.6 Å². The van der Waals surface area contributed by atoms with Crippen LogP contribution in [0.2, 0.25) is 0 Å². The number of fused-ring (bicyclic) bond motifs is 2. The van der Waals surface area contributed by atoms with E-state index < -0.39 is 11.9 Å².